The van der Waals surface area contributed by atoms with Crippen molar-refractivity contribution in [2.24, 2.45) is 0 Å². The average molecular weight is 452 g/mol. The van der Waals surface area contributed by atoms with Crippen molar-refractivity contribution in [2.45, 2.75) is 33.0 Å². The van der Waals surface area contributed by atoms with Crippen molar-refractivity contribution in [2.75, 3.05) is 6.54 Å². The highest BCUT2D eigenvalue weighted by Gasteiger charge is 2.25. The predicted octanol–water partition coefficient (Wildman–Crippen LogP) is 4.74. The van der Waals surface area contributed by atoms with Crippen LogP contribution in [0, 0.1) is 10.1 Å². The molecule has 0 atom stereocenters. The number of amides is 2. The van der Waals surface area contributed by atoms with Crippen LogP contribution in [0.3, 0.4) is 0 Å². The maximum absolute atomic E-state index is 13.3. The lowest BCUT2D eigenvalue weighted by molar-refractivity contribution is -0.384. The van der Waals surface area contributed by atoms with Gasteiger partial charge >= 0.3 is 0 Å². The van der Waals surface area contributed by atoms with E-state index >= 15 is 0 Å². The molecule has 8 heteroatoms. The van der Waals surface area contributed by atoms with E-state index in [9.17, 15) is 19.7 Å². The first-order valence-electron chi connectivity index (χ1n) is 10.2. The highest BCUT2D eigenvalue weighted by Crippen LogP contribution is 2.18. The van der Waals surface area contributed by atoms with Gasteiger partial charge in [-0.2, -0.15) is 0 Å². The van der Waals surface area contributed by atoms with Gasteiger partial charge in [0, 0.05) is 35.2 Å². The molecule has 0 saturated heterocycles. The first kappa shape index (κ1) is 23.1. The minimum absolute atomic E-state index is 0.0777. The first-order valence-corrected chi connectivity index (χ1v) is 11.1. The summed E-state index contributed by atoms with van der Waals surface area (Å²) in [5, 5.41) is 12.9. The summed E-state index contributed by atoms with van der Waals surface area (Å²) >= 11 is 1.58. The summed E-state index contributed by atoms with van der Waals surface area (Å²) in [6.45, 7) is 4.51. The van der Waals surface area contributed by atoms with Gasteiger partial charge in [0.2, 0.25) is 5.91 Å². The molecule has 0 bridgehead atoms. The minimum atomic E-state index is -0.510. The van der Waals surface area contributed by atoms with Gasteiger partial charge < -0.3 is 9.80 Å². The molecule has 32 heavy (non-hydrogen) atoms. The molecule has 0 fully saturated rings. The number of carbonyl (C=O) groups excluding carboxylic acids is 2. The molecule has 3 aromatic rings. The number of non-ortho nitro benzene ring substituents is 1. The third-order valence-electron chi connectivity index (χ3n) is 5.01. The fourth-order valence-electron chi connectivity index (χ4n) is 3.25. The number of carbonyl (C=O) groups is 2. The molecule has 0 aliphatic carbocycles. The second kappa shape index (κ2) is 10.7. The van der Waals surface area contributed by atoms with Gasteiger partial charge in [-0.15, -0.1) is 11.3 Å². The molecule has 0 spiro atoms. The molecule has 0 radical (unpaired) electrons. The number of hydrogen-bond acceptors (Lipinski definition) is 5. The van der Waals surface area contributed by atoms with E-state index in [0.717, 1.165) is 10.4 Å². The monoisotopic (exact) mass is 451 g/mol. The topological polar surface area (TPSA) is 83.8 Å². The lowest BCUT2D eigenvalue weighted by Gasteiger charge is -2.30. The van der Waals surface area contributed by atoms with E-state index in [2.05, 4.69) is 0 Å². The molecule has 0 N–H and O–H groups in total. The molecule has 0 saturated carbocycles. The van der Waals surface area contributed by atoms with Crippen LogP contribution in [-0.4, -0.2) is 39.1 Å². The normalized spacial score (nSPS) is 10.7. The summed E-state index contributed by atoms with van der Waals surface area (Å²) in [5.74, 6) is -0.495. The van der Waals surface area contributed by atoms with Crippen LogP contribution in [0.15, 0.2) is 72.1 Å². The van der Waals surface area contributed by atoms with Gasteiger partial charge in [-0.1, -0.05) is 36.4 Å². The zero-order valence-corrected chi connectivity index (χ0v) is 18.8. The van der Waals surface area contributed by atoms with E-state index in [0.29, 0.717) is 18.7 Å². The third-order valence-corrected chi connectivity index (χ3v) is 5.87. The van der Waals surface area contributed by atoms with E-state index in [4.69, 9.17) is 0 Å². The van der Waals surface area contributed by atoms with Crippen molar-refractivity contribution < 1.29 is 14.5 Å². The quantitative estimate of drug-likeness (QED) is 0.348. The smallest absolute Gasteiger partial charge is 0.269 e. The molecule has 3 rings (SSSR count). The molecule has 166 valence electrons. The summed E-state index contributed by atoms with van der Waals surface area (Å²) in [7, 11) is 0. The fraction of sp³-hybridized carbons (Fsp3) is 0.250. The van der Waals surface area contributed by atoms with Crippen LogP contribution in [0.2, 0.25) is 0 Å². The van der Waals surface area contributed by atoms with Gasteiger partial charge in [-0.05, 0) is 43.0 Å². The van der Waals surface area contributed by atoms with E-state index in [1.165, 1.54) is 29.2 Å². The Bertz CT molecular complexity index is 1050. The summed E-state index contributed by atoms with van der Waals surface area (Å²) in [5.41, 5.74) is 1.24. The number of hydrogen-bond donors (Lipinski definition) is 0. The Morgan fingerprint density at radius 2 is 1.66 bits per heavy atom. The maximum atomic E-state index is 13.3. The molecule has 1 aromatic heterocycles. The van der Waals surface area contributed by atoms with E-state index in [-0.39, 0.29) is 30.1 Å². The van der Waals surface area contributed by atoms with Crippen molar-refractivity contribution in [3.63, 3.8) is 0 Å². The Hall–Kier alpha value is -3.52. The molecule has 7 nitrogen and oxygen atoms in total. The maximum Gasteiger partial charge on any atom is 0.269 e. The number of thiophene rings is 1. The van der Waals surface area contributed by atoms with Crippen molar-refractivity contribution in [1.82, 2.24) is 9.80 Å². The van der Waals surface area contributed by atoms with Crippen molar-refractivity contribution >= 4 is 28.8 Å². The van der Waals surface area contributed by atoms with E-state index < -0.39 is 4.92 Å². The van der Waals surface area contributed by atoms with Crippen molar-refractivity contribution in [3.05, 3.63) is 98.2 Å². The number of nitrogens with zero attached hydrogens (tertiary/aromatic N) is 3. The lowest BCUT2D eigenvalue weighted by Crippen LogP contribution is -2.45. The van der Waals surface area contributed by atoms with Crippen molar-refractivity contribution in [3.8, 4) is 0 Å². The predicted molar refractivity (Wildman–Crippen MR) is 124 cm³/mol. The molecule has 2 aromatic carbocycles. The number of nitro benzene ring substituents is 1. The summed E-state index contributed by atoms with van der Waals surface area (Å²) in [4.78, 5) is 41.1. The molecular formula is C24H25N3O4S. The molecule has 0 unspecified atom stereocenters. The molecular weight excluding hydrogens is 426 g/mol. The lowest BCUT2D eigenvalue weighted by atomic mass is 10.1. The summed E-state index contributed by atoms with van der Waals surface area (Å²) in [6.07, 6.45) is 0. The summed E-state index contributed by atoms with van der Waals surface area (Å²) in [6, 6.07) is 18.9. The zero-order valence-electron chi connectivity index (χ0n) is 18.0. The molecule has 2 amide bonds. The molecule has 0 aliphatic rings. The fourth-order valence-corrected chi connectivity index (χ4v) is 3.97. The van der Waals surface area contributed by atoms with E-state index in [1.54, 1.807) is 16.2 Å². The minimum Gasteiger partial charge on any atom is -0.332 e. The van der Waals surface area contributed by atoms with Crippen LogP contribution >= 0.6 is 11.3 Å². The second-order valence-corrected chi connectivity index (χ2v) is 8.68. The Balaban J connectivity index is 1.78. The third kappa shape index (κ3) is 6.01. The Labute approximate surface area is 191 Å². The van der Waals surface area contributed by atoms with Gasteiger partial charge in [0.25, 0.3) is 11.6 Å². The molecule has 1 heterocycles. The van der Waals surface area contributed by atoms with Gasteiger partial charge in [-0.3, -0.25) is 19.7 Å². The largest absolute Gasteiger partial charge is 0.332 e. The van der Waals surface area contributed by atoms with Crippen LogP contribution in [-0.2, 0) is 17.9 Å². The molecule has 0 aliphatic heterocycles. The van der Waals surface area contributed by atoms with Crippen LogP contribution in [0.25, 0.3) is 0 Å². The highest BCUT2D eigenvalue weighted by molar-refractivity contribution is 7.09. The van der Waals surface area contributed by atoms with Gasteiger partial charge in [0.1, 0.15) is 6.54 Å². The van der Waals surface area contributed by atoms with Gasteiger partial charge in [-0.25, -0.2) is 0 Å². The average Bonchev–Trinajstić information content (AvgIpc) is 3.30. The Morgan fingerprint density at radius 3 is 2.22 bits per heavy atom. The highest BCUT2D eigenvalue weighted by atomic mass is 32.1. The Kier molecular flexibility index (Phi) is 7.72. The second-order valence-electron chi connectivity index (χ2n) is 7.65. The van der Waals surface area contributed by atoms with Crippen LogP contribution in [0.1, 0.15) is 34.6 Å². The van der Waals surface area contributed by atoms with Crippen LogP contribution in [0.4, 0.5) is 5.69 Å². The Morgan fingerprint density at radius 1 is 0.969 bits per heavy atom. The SMILES string of the molecule is CC(C)N(CC(=O)N(Cc1ccccc1)Cc1cccs1)C(=O)c1ccc([N+](=O)[O-])cc1. The number of nitro groups is 1. The summed E-state index contributed by atoms with van der Waals surface area (Å²) < 4.78 is 0. The number of rotatable bonds is 9. The van der Waals surface area contributed by atoms with E-state index in [1.807, 2.05) is 61.7 Å². The number of benzene rings is 2. The first-order chi connectivity index (χ1) is 15.3. The van der Waals surface area contributed by atoms with Crippen LogP contribution < -0.4 is 0 Å². The zero-order chi connectivity index (χ0) is 23.1. The standard InChI is InChI=1S/C24H25N3O4S/c1-18(2)26(24(29)20-10-12-21(13-11-20)27(30)31)17-23(28)25(16-22-9-6-14-32-22)15-19-7-4-3-5-8-19/h3-14,18H,15-17H2,1-2H3. The van der Waals surface area contributed by atoms with Crippen LogP contribution in [0.5, 0.6) is 0 Å². The van der Waals surface area contributed by atoms with Crippen molar-refractivity contribution in [1.29, 1.82) is 0 Å². The van der Waals surface area contributed by atoms with Gasteiger partial charge in [0.05, 0.1) is 11.5 Å². The van der Waals surface area contributed by atoms with Gasteiger partial charge in [0.15, 0.2) is 0 Å².